The minimum Gasteiger partial charge on any atom is -0.0683 e. The zero-order valence-corrected chi connectivity index (χ0v) is 12.8. The van der Waals surface area contributed by atoms with Crippen LogP contribution in [0.25, 0.3) is 0 Å². The third kappa shape index (κ3) is 161. The van der Waals surface area contributed by atoms with Gasteiger partial charge in [0.05, 0.1) is 0 Å². The van der Waals surface area contributed by atoms with Crippen molar-refractivity contribution in [3.63, 3.8) is 0 Å². The quantitative estimate of drug-likeness (QED) is 0.443. The molecule has 0 unspecified atom stereocenters. The summed E-state index contributed by atoms with van der Waals surface area (Å²) in [7, 11) is 0. The van der Waals surface area contributed by atoms with Crippen LogP contribution in [0.15, 0.2) is 0 Å². The fourth-order valence-electron chi connectivity index (χ4n) is 0. The van der Waals surface area contributed by atoms with Gasteiger partial charge in [-0.1, -0.05) is 82.6 Å². The fourth-order valence-corrected chi connectivity index (χ4v) is 0. The van der Waals surface area contributed by atoms with Gasteiger partial charge < -0.3 is 0 Å². The highest BCUT2D eigenvalue weighted by molar-refractivity contribution is 4.55. The lowest BCUT2D eigenvalue weighted by Crippen LogP contribution is -2.00. The molecule has 0 fully saturated rings. The van der Waals surface area contributed by atoms with Crippen molar-refractivity contribution >= 4 is 0 Å². The molecule has 0 aromatic carbocycles. The number of hydrogen-bond donors (Lipinski definition) is 0. The summed E-state index contributed by atoms with van der Waals surface area (Å²) in [6.07, 6.45) is 1.27. The third-order valence-electron chi connectivity index (χ3n) is 1.06. The SMILES string of the molecule is CC.CC.CC(C)C.CCC(C)(C)C. The second-order valence-electron chi connectivity index (χ2n) is 4.65. The Balaban J connectivity index is -0.0000000546. The molecule has 0 aromatic rings. The minimum absolute atomic E-state index is 0.542. The summed E-state index contributed by atoms with van der Waals surface area (Å²) in [5.74, 6) is 0.833. The van der Waals surface area contributed by atoms with Crippen LogP contribution in [0.2, 0.25) is 0 Å². The van der Waals surface area contributed by atoms with E-state index in [-0.39, 0.29) is 0 Å². The topological polar surface area (TPSA) is 0 Å². The fraction of sp³-hybridized carbons (Fsp3) is 1.00. The van der Waals surface area contributed by atoms with Crippen molar-refractivity contribution in [2.45, 2.75) is 82.6 Å². The van der Waals surface area contributed by atoms with Gasteiger partial charge in [-0.05, 0) is 11.3 Å². The maximum Gasteiger partial charge on any atom is -0.0385 e. The summed E-state index contributed by atoms with van der Waals surface area (Å²) >= 11 is 0. The summed E-state index contributed by atoms with van der Waals surface area (Å²) in [6, 6.07) is 0. The van der Waals surface area contributed by atoms with Crippen molar-refractivity contribution < 1.29 is 0 Å². The van der Waals surface area contributed by atoms with Gasteiger partial charge in [0.1, 0.15) is 0 Å². The maximum atomic E-state index is 2.24. The van der Waals surface area contributed by atoms with Gasteiger partial charge in [0.15, 0.2) is 0 Å². The summed E-state index contributed by atoms with van der Waals surface area (Å²) in [4.78, 5) is 0. The maximum absolute atomic E-state index is 2.24. The molecule has 0 N–H and O–H groups in total. The van der Waals surface area contributed by atoms with E-state index in [0.717, 1.165) is 5.92 Å². The van der Waals surface area contributed by atoms with Crippen molar-refractivity contribution in [3.05, 3.63) is 0 Å². The Kier molecular flexibility index (Phi) is 31.6. The first kappa shape index (κ1) is 23.7. The first-order chi connectivity index (χ1) is 6.29. The van der Waals surface area contributed by atoms with E-state index in [4.69, 9.17) is 0 Å². The molecule has 0 atom stereocenters. The first-order valence-corrected chi connectivity index (χ1v) is 6.29. The Morgan fingerprint density at radius 2 is 0.857 bits per heavy atom. The van der Waals surface area contributed by atoms with Crippen LogP contribution in [0.3, 0.4) is 0 Å². The van der Waals surface area contributed by atoms with Crippen molar-refractivity contribution in [1.82, 2.24) is 0 Å². The predicted molar refractivity (Wildman–Crippen MR) is 73.0 cm³/mol. The standard InChI is InChI=1S/C6H14.C4H10.2C2H6/c1-5-6(2,3)4;1-4(2)3;2*1-2/h5H2,1-4H3;4H,1-3H3;2*1-2H3. The molecule has 0 saturated carbocycles. The molecule has 0 rings (SSSR count). The summed E-state index contributed by atoms with van der Waals surface area (Å²) in [5, 5.41) is 0. The smallest absolute Gasteiger partial charge is 0.0385 e. The van der Waals surface area contributed by atoms with Crippen LogP contribution in [0.5, 0.6) is 0 Å². The van der Waals surface area contributed by atoms with Crippen molar-refractivity contribution in [3.8, 4) is 0 Å². The highest BCUT2D eigenvalue weighted by Crippen LogP contribution is 2.16. The van der Waals surface area contributed by atoms with E-state index in [9.17, 15) is 0 Å². The van der Waals surface area contributed by atoms with Crippen LogP contribution < -0.4 is 0 Å². The molecule has 0 radical (unpaired) electrons. The first-order valence-electron chi connectivity index (χ1n) is 6.29. The van der Waals surface area contributed by atoms with Crippen LogP contribution in [0, 0.1) is 11.3 Å². The highest BCUT2D eigenvalue weighted by Gasteiger charge is 2.03. The zero-order chi connectivity index (χ0) is 12.8. The molecule has 0 aromatic heterocycles. The van der Waals surface area contributed by atoms with E-state index in [2.05, 4.69) is 48.5 Å². The molecule has 14 heavy (non-hydrogen) atoms. The monoisotopic (exact) mass is 204 g/mol. The second-order valence-corrected chi connectivity index (χ2v) is 4.65. The summed E-state index contributed by atoms with van der Waals surface area (Å²) in [5.41, 5.74) is 0.542. The lowest BCUT2D eigenvalue weighted by atomic mass is 9.94. The van der Waals surface area contributed by atoms with Gasteiger partial charge in [0, 0.05) is 0 Å². The molecule has 0 nitrogen and oxygen atoms in total. The van der Waals surface area contributed by atoms with Gasteiger partial charge in [-0.3, -0.25) is 0 Å². The van der Waals surface area contributed by atoms with Crippen LogP contribution in [0.4, 0.5) is 0 Å². The van der Waals surface area contributed by atoms with Crippen LogP contribution in [-0.2, 0) is 0 Å². The van der Waals surface area contributed by atoms with Crippen LogP contribution in [0.1, 0.15) is 82.6 Å². The predicted octanol–water partition coefficient (Wildman–Crippen LogP) is 6.16. The van der Waals surface area contributed by atoms with Crippen molar-refractivity contribution in [2.75, 3.05) is 0 Å². The minimum atomic E-state index is 0.542. The molecule has 0 aliphatic rings. The van der Waals surface area contributed by atoms with E-state index in [0.29, 0.717) is 5.41 Å². The van der Waals surface area contributed by atoms with Gasteiger partial charge in [0.2, 0.25) is 0 Å². The molecule has 0 heteroatoms. The highest BCUT2D eigenvalue weighted by atomic mass is 14.1. The Morgan fingerprint density at radius 1 is 0.786 bits per heavy atom. The summed E-state index contributed by atoms with van der Waals surface area (Å²) in [6.45, 7) is 23.4. The third-order valence-corrected chi connectivity index (χ3v) is 1.06. The van der Waals surface area contributed by atoms with Crippen molar-refractivity contribution in [2.24, 2.45) is 11.3 Å². The molecule has 0 aliphatic heterocycles. The Hall–Kier alpha value is 0. The van der Waals surface area contributed by atoms with E-state index >= 15 is 0 Å². The molecule has 0 heterocycles. The van der Waals surface area contributed by atoms with Crippen LogP contribution in [-0.4, -0.2) is 0 Å². The molecular weight excluding hydrogens is 168 g/mol. The Morgan fingerprint density at radius 3 is 0.857 bits per heavy atom. The van der Waals surface area contributed by atoms with Gasteiger partial charge in [-0.25, -0.2) is 0 Å². The van der Waals surface area contributed by atoms with E-state index < -0.39 is 0 Å². The van der Waals surface area contributed by atoms with Gasteiger partial charge in [-0.15, -0.1) is 0 Å². The average Bonchev–Trinajstić information content (AvgIpc) is 2.09. The number of hydrogen-bond acceptors (Lipinski definition) is 0. The van der Waals surface area contributed by atoms with E-state index in [1.807, 2.05) is 27.7 Å². The van der Waals surface area contributed by atoms with Gasteiger partial charge >= 0.3 is 0 Å². The lowest BCUT2D eigenvalue weighted by molar-refractivity contribution is 0.398. The van der Waals surface area contributed by atoms with E-state index in [1.54, 1.807) is 0 Å². The normalized spacial score (nSPS) is 8.57. The number of rotatable bonds is 0. The zero-order valence-electron chi connectivity index (χ0n) is 12.8. The average molecular weight is 204 g/mol. The largest absolute Gasteiger partial charge is 0.0683 e. The Bertz CT molecular complexity index is 52.2. The lowest BCUT2D eigenvalue weighted by Gasteiger charge is -2.12. The van der Waals surface area contributed by atoms with Gasteiger partial charge in [-0.2, -0.15) is 0 Å². The van der Waals surface area contributed by atoms with Crippen LogP contribution >= 0.6 is 0 Å². The molecule has 0 aliphatic carbocycles. The molecule has 0 spiro atoms. The van der Waals surface area contributed by atoms with Crippen molar-refractivity contribution in [1.29, 1.82) is 0 Å². The van der Waals surface area contributed by atoms with E-state index in [1.165, 1.54) is 6.42 Å². The molecule has 0 amide bonds. The second kappa shape index (κ2) is 18.7. The Labute approximate surface area is 94.5 Å². The molecule has 92 valence electrons. The van der Waals surface area contributed by atoms with Gasteiger partial charge in [0.25, 0.3) is 0 Å². The summed E-state index contributed by atoms with van der Waals surface area (Å²) < 4.78 is 0. The molecular formula is C14H36. The molecule has 0 bridgehead atoms. The molecule has 0 saturated heterocycles.